The SMILES string of the molecule is CN=C(NCc1ccc(OC)c(C)c1)NC1CC(=O)N(c2ccccc2)C1.I. The van der Waals surface area contributed by atoms with Crippen LogP contribution < -0.4 is 20.3 Å². The molecule has 0 aliphatic carbocycles. The number of hydrogen-bond donors (Lipinski definition) is 2. The number of halogens is 1. The normalized spacial score (nSPS) is 16.5. The number of carbonyl (C=O) groups is 1. The molecule has 1 atom stereocenters. The van der Waals surface area contributed by atoms with Crippen LogP contribution in [0.25, 0.3) is 0 Å². The summed E-state index contributed by atoms with van der Waals surface area (Å²) in [6.45, 7) is 3.30. The highest BCUT2D eigenvalue weighted by Crippen LogP contribution is 2.21. The fourth-order valence-corrected chi connectivity index (χ4v) is 3.29. The number of hydrogen-bond acceptors (Lipinski definition) is 3. The molecule has 1 unspecified atom stereocenters. The fourth-order valence-electron chi connectivity index (χ4n) is 3.29. The molecular weight excluding hydrogens is 467 g/mol. The van der Waals surface area contributed by atoms with E-state index < -0.39 is 0 Å². The van der Waals surface area contributed by atoms with E-state index in [2.05, 4.69) is 21.7 Å². The molecule has 2 aromatic rings. The van der Waals surface area contributed by atoms with Gasteiger partial charge in [-0.05, 0) is 36.2 Å². The van der Waals surface area contributed by atoms with Crippen molar-refractivity contribution in [2.45, 2.75) is 25.9 Å². The minimum absolute atomic E-state index is 0. The third-order valence-corrected chi connectivity index (χ3v) is 4.68. The number of nitrogens with one attached hydrogen (secondary N) is 2. The van der Waals surface area contributed by atoms with Gasteiger partial charge in [-0.25, -0.2) is 0 Å². The van der Waals surface area contributed by atoms with Gasteiger partial charge < -0.3 is 20.3 Å². The first-order valence-corrected chi connectivity index (χ1v) is 9.07. The number of rotatable bonds is 5. The summed E-state index contributed by atoms with van der Waals surface area (Å²) >= 11 is 0. The Morgan fingerprint density at radius 2 is 2.00 bits per heavy atom. The van der Waals surface area contributed by atoms with Crippen LogP contribution in [0, 0.1) is 6.92 Å². The minimum Gasteiger partial charge on any atom is -0.496 e. The zero-order valence-corrected chi connectivity index (χ0v) is 18.8. The second-order valence-corrected chi connectivity index (χ2v) is 6.62. The van der Waals surface area contributed by atoms with Crippen molar-refractivity contribution in [2.24, 2.45) is 4.99 Å². The molecule has 1 fully saturated rings. The Hall–Kier alpha value is -2.29. The summed E-state index contributed by atoms with van der Waals surface area (Å²) in [4.78, 5) is 18.4. The van der Waals surface area contributed by atoms with Gasteiger partial charge >= 0.3 is 0 Å². The van der Waals surface area contributed by atoms with Gasteiger partial charge in [-0.15, -0.1) is 24.0 Å². The van der Waals surface area contributed by atoms with E-state index in [0.717, 1.165) is 22.6 Å². The first-order valence-electron chi connectivity index (χ1n) is 9.07. The zero-order valence-electron chi connectivity index (χ0n) is 16.4. The molecule has 0 aromatic heterocycles. The number of anilines is 1. The number of guanidine groups is 1. The number of amides is 1. The summed E-state index contributed by atoms with van der Waals surface area (Å²) in [7, 11) is 3.41. The Morgan fingerprint density at radius 1 is 1.25 bits per heavy atom. The van der Waals surface area contributed by atoms with E-state index in [1.54, 1.807) is 14.2 Å². The average molecular weight is 494 g/mol. The van der Waals surface area contributed by atoms with Crippen molar-refractivity contribution in [3.8, 4) is 5.75 Å². The Bertz CT molecular complexity index is 826. The summed E-state index contributed by atoms with van der Waals surface area (Å²) in [6, 6.07) is 15.9. The van der Waals surface area contributed by atoms with Crippen LogP contribution in [0.5, 0.6) is 5.75 Å². The lowest BCUT2D eigenvalue weighted by atomic mass is 10.1. The third-order valence-electron chi connectivity index (χ3n) is 4.68. The van der Waals surface area contributed by atoms with E-state index in [1.807, 2.05) is 54.3 Å². The summed E-state index contributed by atoms with van der Waals surface area (Å²) < 4.78 is 5.30. The van der Waals surface area contributed by atoms with Crippen LogP contribution in [0.1, 0.15) is 17.5 Å². The van der Waals surface area contributed by atoms with Gasteiger partial charge in [0.25, 0.3) is 0 Å². The number of aliphatic imine (C=N–C) groups is 1. The molecule has 0 radical (unpaired) electrons. The largest absolute Gasteiger partial charge is 0.496 e. The Morgan fingerprint density at radius 3 is 2.64 bits per heavy atom. The predicted octanol–water partition coefficient (Wildman–Crippen LogP) is 3.09. The third kappa shape index (κ3) is 5.37. The predicted molar refractivity (Wildman–Crippen MR) is 124 cm³/mol. The fraction of sp³-hybridized carbons (Fsp3) is 0.333. The van der Waals surface area contributed by atoms with Gasteiger partial charge in [0.1, 0.15) is 5.75 Å². The van der Waals surface area contributed by atoms with E-state index in [9.17, 15) is 4.79 Å². The van der Waals surface area contributed by atoms with Gasteiger partial charge in [-0.2, -0.15) is 0 Å². The van der Waals surface area contributed by atoms with Crippen LogP contribution >= 0.6 is 24.0 Å². The maximum Gasteiger partial charge on any atom is 0.229 e. The topological polar surface area (TPSA) is 66.0 Å². The van der Waals surface area contributed by atoms with Crippen LogP contribution in [-0.2, 0) is 11.3 Å². The molecule has 2 aromatic carbocycles. The number of carbonyl (C=O) groups excluding carboxylic acids is 1. The van der Waals surface area contributed by atoms with Crippen LogP contribution in [0.15, 0.2) is 53.5 Å². The van der Waals surface area contributed by atoms with Crippen LogP contribution in [0.3, 0.4) is 0 Å². The molecule has 0 spiro atoms. The molecule has 2 N–H and O–H groups in total. The summed E-state index contributed by atoms with van der Waals surface area (Å²) in [5, 5.41) is 6.67. The number of nitrogens with zero attached hydrogens (tertiary/aromatic N) is 2. The molecule has 28 heavy (non-hydrogen) atoms. The van der Waals surface area contributed by atoms with Crippen LogP contribution in [0.2, 0.25) is 0 Å². The summed E-state index contributed by atoms with van der Waals surface area (Å²) in [6.07, 6.45) is 0.456. The number of ether oxygens (including phenoxy) is 1. The van der Waals surface area contributed by atoms with Gasteiger partial charge in [-0.1, -0.05) is 30.3 Å². The van der Waals surface area contributed by atoms with Crippen molar-refractivity contribution in [3.05, 3.63) is 59.7 Å². The molecule has 6 nitrogen and oxygen atoms in total. The van der Waals surface area contributed by atoms with Gasteiger partial charge in [0.05, 0.1) is 13.2 Å². The van der Waals surface area contributed by atoms with Crippen molar-refractivity contribution in [1.82, 2.24) is 10.6 Å². The summed E-state index contributed by atoms with van der Waals surface area (Å²) in [5.41, 5.74) is 3.17. The molecule has 1 aliphatic rings. The first-order chi connectivity index (χ1) is 13.1. The number of aryl methyl sites for hydroxylation is 1. The molecule has 0 bridgehead atoms. The second kappa shape index (κ2) is 10.3. The zero-order chi connectivity index (χ0) is 19.2. The maximum absolute atomic E-state index is 12.3. The molecule has 150 valence electrons. The van der Waals surface area contributed by atoms with Gasteiger partial charge in [0.15, 0.2) is 5.96 Å². The van der Waals surface area contributed by atoms with Crippen molar-refractivity contribution in [2.75, 3.05) is 25.6 Å². The average Bonchev–Trinajstić information content (AvgIpc) is 3.06. The molecule has 1 heterocycles. The lowest BCUT2D eigenvalue weighted by Crippen LogP contribution is -2.44. The van der Waals surface area contributed by atoms with Crippen molar-refractivity contribution >= 4 is 41.5 Å². The van der Waals surface area contributed by atoms with E-state index >= 15 is 0 Å². The number of methoxy groups -OCH3 is 1. The highest BCUT2D eigenvalue weighted by Gasteiger charge is 2.30. The van der Waals surface area contributed by atoms with E-state index in [4.69, 9.17) is 4.74 Å². The highest BCUT2D eigenvalue weighted by atomic mass is 127. The van der Waals surface area contributed by atoms with Gasteiger partial charge in [0.2, 0.25) is 5.91 Å². The Balaban J connectivity index is 0.00000280. The van der Waals surface area contributed by atoms with E-state index in [-0.39, 0.29) is 35.9 Å². The Kier molecular flexibility index (Phi) is 8.10. The first kappa shape index (κ1) is 22.0. The van der Waals surface area contributed by atoms with Crippen molar-refractivity contribution < 1.29 is 9.53 Å². The number of para-hydroxylation sites is 1. The lowest BCUT2D eigenvalue weighted by molar-refractivity contribution is -0.117. The van der Waals surface area contributed by atoms with Crippen LogP contribution in [0.4, 0.5) is 5.69 Å². The van der Waals surface area contributed by atoms with E-state index in [1.165, 1.54) is 0 Å². The standard InChI is InChI=1S/C21H26N4O2.HI/c1-15-11-16(9-10-19(15)27-3)13-23-21(22-2)24-17-12-20(26)25(14-17)18-7-5-4-6-8-18;/h4-11,17H,12-14H2,1-3H3,(H2,22,23,24);1H. The Labute approximate surface area is 183 Å². The molecule has 0 saturated carbocycles. The second-order valence-electron chi connectivity index (χ2n) is 6.62. The number of benzene rings is 2. The van der Waals surface area contributed by atoms with Crippen molar-refractivity contribution in [1.29, 1.82) is 0 Å². The maximum atomic E-state index is 12.3. The molecular formula is C21H27IN4O2. The van der Waals surface area contributed by atoms with Crippen LogP contribution in [-0.4, -0.2) is 38.6 Å². The molecule has 3 rings (SSSR count). The summed E-state index contributed by atoms with van der Waals surface area (Å²) in [5.74, 6) is 1.70. The molecule has 1 saturated heterocycles. The lowest BCUT2D eigenvalue weighted by Gasteiger charge is -2.19. The molecule has 1 aliphatic heterocycles. The minimum atomic E-state index is 0. The van der Waals surface area contributed by atoms with E-state index in [0.29, 0.717) is 25.5 Å². The smallest absolute Gasteiger partial charge is 0.229 e. The monoisotopic (exact) mass is 494 g/mol. The quantitative estimate of drug-likeness (QED) is 0.381. The molecule has 7 heteroatoms. The van der Waals surface area contributed by atoms with Crippen molar-refractivity contribution in [3.63, 3.8) is 0 Å². The van der Waals surface area contributed by atoms with Gasteiger partial charge in [0, 0.05) is 32.2 Å². The van der Waals surface area contributed by atoms with Gasteiger partial charge in [-0.3, -0.25) is 9.79 Å². The highest BCUT2D eigenvalue weighted by molar-refractivity contribution is 14.0. The molecule has 1 amide bonds.